The van der Waals surface area contributed by atoms with Crippen molar-refractivity contribution in [3.05, 3.63) is 42.0 Å². The van der Waals surface area contributed by atoms with Crippen LogP contribution in [0.2, 0.25) is 0 Å². The Hall–Kier alpha value is -1.57. The van der Waals surface area contributed by atoms with Gasteiger partial charge in [0.1, 0.15) is 5.75 Å². The van der Waals surface area contributed by atoms with Gasteiger partial charge in [-0.3, -0.25) is 4.79 Å². The number of carbonyl (C=O) groups is 1. The number of ether oxygens (including phenoxy) is 1. The van der Waals surface area contributed by atoms with E-state index in [1.807, 2.05) is 36.4 Å². The van der Waals surface area contributed by atoms with E-state index in [0.29, 0.717) is 18.8 Å². The summed E-state index contributed by atoms with van der Waals surface area (Å²) in [6.07, 6.45) is -0.350. The van der Waals surface area contributed by atoms with Crippen molar-refractivity contribution in [2.24, 2.45) is 5.73 Å². The summed E-state index contributed by atoms with van der Waals surface area (Å²) in [6, 6.07) is 11.9. The lowest BCUT2D eigenvalue weighted by Gasteiger charge is -2.15. The Balaban J connectivity index is 0.00000312. The number of fused-ring (bicyclic) bond motifs is 1. The van der Waals surface area contributed by atoms with E-state index in [0.717, 1.165) is 29.4 Å². The van der Waals surface area contributed by atoms with Gasteiger partial charge < -0.3 is 26.2 Å². The average Bonchev–Trinajstić information content (AvgIpc) is 2.56. The molecule has 5 N–H and O–H groups in total. The van der Waals surface area contributed by atoms with Gasteiger partial charge in [0.25, 0.3) is 5.91 Å². The molecule has 8 heteroatoms. The summed E-state index contributed by atoms with van der Waals surface area (Å²) in [5.41, 5.74) is 6.18. The number of nitrogens with two attached hydrogens (primary N) is 1. The van der Waals surface area contributed by atoms with Crippen LogP contribution < -0.4 is 21.1 Å². The summed E-state index contributed by atoms with van der Waals surface area (Å²) < 4.78 is 5.55. The van der Waals surface area contributed by atoms with Crippen LogP contribution in [-0.2, 0) is 11.3 Å². The van der Waals surface area contributed by atoms with Crippen molar-refractivity contribution in [1.29, 1.82) is 0 Å². The molecule has 1 amide bonds. The van der Waals surface area contributed by atoms with E-state index in [1.54, 1.807) is 6.92 Å². The number of amides is 1. The van der Waals surface area contributed by atoms with Gasteiger partial charge in [0.2, 0.25) is 0 Å². The van der Waals surface area contributed by atoms with Crippen molar-refractivity contribution in [2.45, 2.75) is 19.6 Å². The summed E-state index contributed by atoms with van der Waals surface area (Å²) in [5.74, 6) is 0.168. The van der Waals surface area contributed by atoms with Crippen LogP contribution in [0.1, 0.15) is 12.5 Å². The largest absolute Gasteiger partial charge is 0.483 e. The molecule has 26 heavy (non-hydrogen) atoms. The molecule has 0 spiro atoms. The maximum absolute atomic E-state index is 11.0. The Bertz CT molecular complexity index is 684. The minimum atomic E-state index is -0.496. The highest BCUT2D eigenvalue weighted by Crippen LogP contribution is 2.28. The number of halogens is 2. The lowest BCUT2D eigenvalue weighted by molar-refractivity contribution is -0.119. The molecule has 0 saturated heterocycles. The number of hydrogen-bond donors (Lipinski definition) is 4. The fourth-order valence-corrected chi connectivity index (χ4v) is 2.48. The molecule has 0 aromatic heterocycles. The monoisotopic (exact) mass is 403 g/mol. The first-order chi connectivity index (χ1) is 11.6. The van der Waals surface area contributed by atoms with Crippen molar-refractivity contribution in [1.82, 2.24) is 10.6 Å². The summed E-state index contributed by atoms with van der Waals surface area (Å²) in [6.45, 7) is 4.31. The topological polar surface area (TPSA) is 96.6 Å². The van der Waals surface area contributed by atoms with Crippen molar-refractivity contribution in [2.75, 3.05) is 26.2 Å². The number of nitrogens with one attached hydrogen (secondary N) is 2. The molecule has 2 aromatic rings. The maximum Gasteiger partial charge on any atom is 0.255 e. The lowest BCUT2D eigenvalue weighted by Crippen LogP contribution is -2.31. The highest BCUT2D eigenvalue weighted by molar-refractivity contribution is 5.88. The van der Waals surface area contributed by atoms with Gasteiger partial charge in [-0.2, -0.15) is 0 Å². The minimum Gasteiger partial charge on any atom is -0.483 e. The third-order valence-electron chi connectivity index (χ3n) is 3.59. The molecule has 146 valence electrons. The van der Waals surface area contributed by atoms with E-state index in [1.165, 1.54) is 0 Å². The van der Waals surface area contributed by atoms with E-state index in [4.69, 9.17) is 10.5 Å². The predicted octanol–water partition coefficient (Wildman–Crippen LogP) is 1.61. The van der Waals surface area contributed by atoms with E-state index >= 15 is 0 Å². The Morgan fingerprint density at radius 2 is 1.85 bits per heavy atom. The molecule has 1 atom stereocenters. The van der Waals surface area contributed by atoms with Gasteiger partial charge in [0, 0.05) is 31.7 Å². The van der Waals surface area contributed by atoms with E-state index < -0.39 is 5.91 Å². The molecular weight excluding hydrogens is 377 g/mol. The first-order valence-corrected chi connectivity index (χ1v) is 8.09. The van der Waals surface area contributed by atoms with E-state index in [9.17, 15) is 9.90 Å². The Labute approximate surface area is 166 Å². The molecule has 2 aromatic carbocycles. The number of benzene rings is 2. The number of hydrogen-bond acceptors (Lipinski definition) is 5. The van der Waals surface area contributed by atoms with Crippen LogP contribution in [0.4, 0.5) is 0 Å². The van der Waals surface area contributed by atoms with Crippen LogP contribution in [-0.4, -0.2) is 43.4 Å². The van der Waals surface area contributed by atoms with Crippen LogP contribution in [0.3, 0.4) is 0 Å². The molecule has 0 aliphatic carbocycles. The zero-order valence-electron chi connectivity index (χ0n) is 14.7. The van der Waals surface area contributed by atoms with Gasteiger partial charge in [0.15, 0.2) is 6.61 Å². The molecule has 6 nitrogen and oxygen atoms in total. The summed E-state index contributed by atoms with van der Waals surface area (Å²) in [5, 5.41) is 17.9. The maximum atomic E-state index is 11.0. The van der Waals surface area contributed by atoms with Gasteiger partial charge >= 0.3 is 0 Å². The summed E-state index contributed by atoms with van der Waals surface area (Å²) >= 11 is 0. The quantitative estimate of drug-likeness (QED) is 0.451. The molecular formula is C18H27Cl2N3O3. The second-order valence-corrected chi connectivity index (χ2v) is 5.75. The normalized spacial score (nSPS) is 11.3. The summed E-state index contributed by atoms with van der Waals surface area (Å²) in [7, 11) is 0. The fraction of sp³-hybridized carbons (Fsp3) is 0.389. The Morgan fingerprint density at radius 1 is 1.15 bits per heavy atom. The molecule has 0 saturated carbocycles. The average molecular weight is 404 g/mol. The van der Waals surface area contributed by atoms with Crippen LogP contribution in [0.15, 0.2) is 36.4 Å². The number of carbonyl (C=O) groups excluding carboxylic acids is 1. The lowest BCUT2D eigenvalue weighted by atomic mass is 10.0. The SMILES string of the molecule is CC(O)CNCCNCc1c(OCC(N)=O)ccc2ccccc12.Cl.Cl. The van der Waals surface area contributed by atoms with Gasteiger partial charge in [-0.15, -0.1) is 24.8 Å². The van der Waals surface area contributed by atoms with Crippen LogP contribution in [0.5, 0.6) is 5.75 Å². The third-order valence-corrected chi connectivity index (χ3v) is 3.59. The standard InChI is InChI=1S/C18H25N3O3.2ClH/c1-13(22)10-20-8-9-21-11-16-15-5-3-2-4-14(15)6-7-17(16)24-12-18(19)23;;/h2-7,13,20-22H,8-12H2,1H3,(H2,19,23);2*1H. The highest BCUT2D eigenvalue weighted by Gasteiger charge is 2.09. The zero-order chi connectivity index (χ0) is 17.4. The van der Waals surface area contributed by atoms with Crippen LogP contribution in [0.25, 0.3) is 10.8 Å². The van der Waals surface area contributed by atoms with Crippen LogP contribution >= 0.6 is 24.8 Å². The van der Waals surface area contributed by atoms with E-state index in [2.05, 4.69) is 10.6 Å². The molecule has 0 heterocycles. The first-order valence-electron chi connectivity index (χ1n) is 8.09. The second kappa shape index (κ2) is 12.7. The Morgan fingerprint density at radius 3 is 2.54 bits per heavy atom. The molecule has 0 aliphatic heterocycles. The van der Waals surface area contributed by atoms with Gasteiger partial charge in [-0.25, -0.2) is 0 Å². The Kier molecular flexibility index (Phi) is 12.0. The van der Waals surface area contributed by atoms with Gasteiger partial charge in [-0.1, -0.05) is 30.3 Å². The molecule has 0 bridgehead atoms. The molecule has 2 rings (SSSR count). The van der Waals surface area contributed by atoms with Crippen molar-refractivity contribution in [3.8, 4) is 5.75 Å². The minimum absolute atomic E-state index is 0. The van der Waals surface area contributed by atoms with Crippen molar-refractivity contribution >= 4 is 41.5 Å². The molecule has 0 radical (unpaired) electrons. The number of rotatable bonds is 10. The predicted molar refractivity (Wildman–Crippen MR) is 109 cm³/mol. The first kappa shape index (κ1) is 24.4. The smallest absolute Gasteiger partial charge is 0.255 e. The molecule has 1 unspecified atom stereocenters. The zero-order valence-corrected chi connectivity index (χ0v) is 16.4. The second-order valence-electron chi connectivity index (χ2n) is 5.75. The number of aliphatic hydroxyl groups excluding tert-OH is 1. The van der Waals surface area contributed by atoms with Crippen molar-refractivity contribution < 1.29 is 14.6 Å². The van der Waals surface area contributed by atoms with Crippen molar-refractivity contribution in [3.63, 3.8) is 0 Å². The van der Waals surface area contributed by atoms with E-state index in [-0.39, 0.29) is 37.5 Å². The summed E-state index contributed by atoms with van der Waals surface area (Å²) in [4.78, 5) is 11.0. The van der Waals surface area contributed by atoms with Gasteiger partial charge in [-0.05, 0) is 23.8 Å². The number of primary amides is 1. The van der Waals surface area contributed by atoms with Crippen LogP contribution in [0, 0.1) is 0 Å². The molecule has 0 fully saturated rings. The highest BCUT2D eigenvalue weighted by atomic mass is 35.5. The third kappa shape index (κ3) is 7.76. The number of aliphatic hydroxyl groups is 1. The van der Waals surface area contributed by atoms with Gasteiger partial charge in [0.05, 0.1) is 6.10 Å². The fourth-order valence-electron chi connectivity index (χ4n) is 2.48. The molecule has 0 aliphatic rings.